The average molecular weight is 333 g/mol. The van der Waals surface area contributed by atoms with Crippen molar-refractivity contribution in [1.82, 2.24) is 4.98 Å². The molecule has 1 aromatic carbocycles. The van der Waals surface area contributed by atoms with E-state index in [0.717, 1.165) is 0 Å². The second kappa shape index (κ2) is 6.86. The van der Waals surface area contributed by atoms with E-state index in [1.54, 1.807) is 6.07 Å². The van der Waals surface area contributed by atoms with Crippen LogP contribution in [0.1, 0.15) is 29.4 Å². The number of aliphatic carboxylic acids is 2. The molecule has 8 heteroatoms. The Morgan fingerprint density at radius 3 is 2.46 bits per heavy atom. The molecule has 0 aliphatic carbocycles. The van der Waals surface area contributed by atoms with E-state index in [-0.39, 0.29) is 11.4 Å². The lowest BCUT2D eigenvalue weighted by Crippen LogP contribution is -2.11. The summed E-state index contributed by atoms with van der Waals surface area (Å²) >= 11 is 0. The van der Waals surface area contributed by atoms with E-state index in [9.17, 15) is 14.4 Å². The molecule has 0 fully saturated rings. The highest BCUT2D eigenvalue weighted by Crippen LogP contribution is 2.31. The van der Waals surface area contributed by atoms with Crippen LogP contribution in [0.5, 0.6) is 5.75 Å². The van der Waals surface area contributed by atoms with Crippen LogP contribution < -0.4 is 4.74 Å². The molecule has 0 spiro atoms. The van der Waals surface area contributed by atoms with Crippen LogP contribution in [-0.4, -0.2) is 38.2 Å². The molecule has 4 N–H and O–H groups in total. The van der Waals surface area contributed by atoms with Gasteiger partial charge in [-0.25, -0.2) is 14.4 Å². The van der Waals surface area contributed by atoms with Gasteiger partial charge in [-0.3, -0.25) is 0 Å². The third-order valence-electron chi connectivity index (χ3n) is 3.29. The number of nitrogens with one attached hydrogen (secondary N) is 1. The summed E-state index contributed by atoms with van der Waals surface area (Å²) in [5.74, 6) is -4.63. The normalized spacial score (nSPS) is 11.5. The van der Waals surface area contributed by atoms with Crippen molar-refractivity contribution in [1.29, 1.82) is 0 Å². The Kier molecular flexibility index (Phi) is 4.88. The van der Waals surface area contributed by atoms with Crippen molar-refractivity contribution in [3.63, 3.8) is 0 Å². The third kappa shape index (κ3) is 3.54. The molecule has 0 radical (unpaired) electrons. The van der Waals surface area contributed by atoms with E-state index >= 15 is 0 Å². The van der Waals surface area contributed by atoms with E-state index in [2.05, 4.69) is 4.98 Å². The molecule has 0 saturated heterocycles. The molecule has 126 valence electrons. The highest BCUT2D eigenvalue weighted by atomic mass is 16.5. The maximum absolute atomic E-state index is 11.1. The first-order chi connectivity index (χ1) is 11.3. The molecule has 0 saturated carbocycles. The minimum Gasteiger partial charge on any atom is -0.478 e. The van der Waals surface area contributed by atoms with Gasteiger partial charge in [0.1, 0.15) is 11.4 Å². The number of benzene rings is 1. The molecule has 1 aromatic heterocycles. The van der Waals surface area contributed by atoms with Gasteiger partial charge in [-0.1, -0.05) is 13.3 Å². The van der Waals surface area contributed by atoms with Gasteiger partial charge < -0.3 is 25.0 Å². The van der Waals surface area contributed by atoms with E-state index in [1.807, 2.05) is 6.92 Å². The summed E-state index contributed by atoms with van der Waals surface area (Å²) in [4.78, 5) is 35.7. The zero-order valence-electron chi connectivity index (χ0n) is 12.7. The van der Waals surface area contributed by atoms with Crippen LogP contribution in [0.15, 0.2) is 30.0 Å². The van der Waals surface area contributed by atoms with Crippen molar-refractivity contribution in [2.75, 3.05) is 0 Å². The number of carboxylic acids is 3. The van der Waals surface area contributed by atoms with E-state index in [0.29, 0.717) is 35.4 Å². The van der Waals surface area contributed by atoms with Gasteiger partial charge in [0.05, 0.1) is 6.08 Å². The number of carbonyl (C=O) groups is 3. The minimum absolute atomic E-state index is 0.000890. The van der Waals surface area contributed by atoms with Gasteiger partial charge in [0.25, 0.3) is 0 Å². The average Bonchev–Trinajstić information content (AvgIpc) is 2.93. The number of aromatic carboxylic acids is 1. The molecule has 24 heavy (non-hydrogen) atoms. The summed E-state index contributed by atoms with van der Waals surface area (Å²) in [6, 6.07) is 4.47. The quantitative estimate of drug-likeness (QED) is 0.450. The summed E-state index contributed by atoms with van der Waals surface area (Å²) in [5, 5.41) is 27.5. The Labute approximate surface area is 136 Å². The Morgan fingerprint density at radius 1 is 1.21 bits per heavy atom. The first-order valence-corrected chi connectivity index (χ1v) is 7.07. The first-order valence-electron chi connectivity index (χ1n) is 7.07. The fraction of sp³-hybridized carbons (Fsp3) is 0.188. The topological polar surface area (TPSA) is 137 Å². The summed E-state index contributed by atoms with van der Waals surface area (Å²) in [7, 11) is 0. The number of hydrogen-bond acceptors (Lipinski definition) is 4. The SMILES string of the molecule is CCCc1c(O/C(=C\C(=O)O)C(=O)O)ccc2[nH]c(C(=O)O)cc12. The molecule has 2 aromatic rings. The summed E-state index contributed by atoms with van der Waals surface area (Å²) in [6.07, 6.45) is 1.67. The third-order valence-corrected chi connectivity index (χ3v) is 3.29. The molecular weight excluding hydrogens is 318 g/mol. The summed E-state index contributed by atoms with van der Waals surface area (Å²) in [6.45, 7) is 1.90. The van der Waals surface area contributed by atoms with Crippen molar-refractivity contribution < 1.29 is 34.4 Å². The summed E-state index contributed by atoms with van der Waals surface area (Å²) in [5.41, 5.74) is 1.18. The van der Waals surface area contributed by atoms with Crippen LogP contribution in [0, 0.1) is 0 Å². The lowest BCUT2D eigenvalue weighted by atomic mass is 10.0. The molecule has 1 heterocycles. The number of aromatic nitrogens is 1. The maximum Gasteiger partial charge on any atom is 0.372 e. The van der Waals surface area contributed by atoms with E-state index < -0.39 is 23.7 Å². The van der Waals surface area contributed by atoms with Gasteiger partial charge in [0.2, 0.25) is 5.76 Å². The molecule has 0 bridgehead atoms. The van der Waals surface area contributed by atoms with Crippen LogP contribution in [-0.2, 0) is 16.0 Å². The lowest BCUT2D eigenvalue weighted by molar-refractivity contribution is -0.137. The van der Waals surface area contributed by atoms with Gasteiger partial charge in [0.15, 0.2) is 0 Å². The van der Waals surface area contributed by atoms with Gasteiger partial charge >= 0.3 is 17.9 Å². The number of carboxylic acid groups (broad SMARTS) is 3. The van der Waals surface area contributed by atoms with Crippen LogP contribution in [0.25, 0.3) is 10.9 Å². The molecule has 8 nitrogen and oxygen atoms in total. The predicted octanol–water partition coefficient (Wildman–Crippen LogP) is 2.25. The number of fused-ring (bicyclic) bond motifs is 1. The number of ether oxygens (including phenoxy) is 1. The van der Waals surface area contributed by atoms with Crippen molar-refractivity contribution in [2.24, 2.45) is 0 Å². The van der Waals surface area contributed by atoms with Gasteiger partial charge in [0, 0.05) is 16.5 Å². The summed E-state index contributed by atoms with van der Waals surface area (Å²) < 4.78 is 5.27. The Morgan fingerprint density at radius 2 is 1.92 bits per heavy atom. The zero-order valence-corrected chi connectivity index (χ0v) is 12.7. The molecule has 0 aliphatic heterocycles. The second-order valence-corrected chi connectivity index (χ2v) is 5.00. The van der Waals surface area contributed by atoms with Crippen molar-refractivity contribution in [2.45, 2.75) is 19.8 Å². The van der Waals surface area contributed by atoms with Crippen molar-refractivity contribution in [3.05, 3.63) is 41.3 Å². The minimum atomic E-state index is -1.51. The van der Waals surface area contributed by atoms with Crippen LogP contribution in [0.3, 0.4) is 0 Å². The molecule has 0 unspecified atom stereocenters. The second-order valence-electron chi connectivity index (χ2n) is 5.00. The molecular formula is C16H15NO7. The van der Waals surface area contributed by atoms with Crippen molar-refractivity contribution in [3.8, 4) is 5.75 Å². The molecule has 0 aliphatic rings. The lowest BCUT2D eigenvalue weighted by Gasteiger charge is -2.12. The Bertz CT molecular complexity index is 847. The predicted molar refractivity (Wildman–Crippen MR) is 83.2 cm³/mol. The Balaban J connectivity index is 2.56. The highest BCUT2D eigenvalue weighted by molar-refractivity contribution is 5.96. The maximum atomic E-state index is 11.1. The van der Waals surface area contributed by atoms with Crippen molar-refractivity contribution >= 4 is 28.8 Å². The molecule has 2 rings (SSSR count). The van der Waals surface area contributed by atoms with Gasteiger partial charge in [-0.05, 0) is 24.6 Å². The van der Waals surface area contributed by atoms with E-state index in [4.69, 9.17) is 20.1 Å². The van der Waals surface area contributed by atoms with Gasteiger partial charge in [-0.2, -0.15) is 0 Å². The smallest absolute Gasteiger partial charge is 0.372 e. The standard InChI is InChI=1S/C16H15NO7/c1-2-3-8-9-6-11(15(20)21)17-10(9)4-5-12(8)24-13(16(22)23)7-14(18)19/h4-7,17H,2-3H2,1H3,(H,18,19)(H,20,21)(H,22,23)/b13-7-. The number of rotatable bonds is 7. The number of aromatic amines is 1. The molecule has 0 atom stereocenters. The number of hydrogen-bond donors (Lipinski definition) is 4. The number of aryl methyl sites for hydroxylation is 1. The molecule has 0 amide bonds. The van der Waals surface area contributed by atoms with Crippen LogP contribution in [0.2, 0.25) is 0 Å². The monoisotopic (exact) mass is 333 g/mol. The highest BCUT2D eigenvalue weighted by Gasteiger charge is 2.18. The van der Waals surface area contributed by atoms with Crippen LogP contribution in [0.4, 0.5) is 0 Å². The van der Waals surface area contributed by atoms with E-state index in [1.165, 1.54) is 12.1 Å². The first kappa shape index (κ1) is 17.1. The van der Waals surface area contributed by atoms with Crippen LogP contribution >= 0.6 is 0 Å². The number of H-pyrrole nitrogens is 1. The Hall–Kier alpha value is -3.29. The fourth-order valence-corrected chi connectivity index (χ4v) is 2.33. The fourth-order valence-electron chi connectivity index (χ4n) is 2.33. The largest absolute Gasteiger partial charge is 0.478 e. The van der Waals surface area contributed by atoms with Gasteiger partial charge in [-0.15, -0.1) is 0 Å². The zero-order chi connectivity index (χ0) is 17.9.